The topological polar surface area (TPSA) is 59.4 Å². The summed E-state index contributed by atoms with van der Waals surface area (Å²) in [6.45, 7) is 4.37. The molecule has 1 saturated heterocycles. The van der Waals surface area contributed by atoms with Gasteiger partial charge in [-0.2, -0.15) is 5.10 Å². The molecule has 3 aliphatic rings. The van der Waals surface area contributed by atoms with Crippen molar-refractivity contribution in [3.8, 4) is 0 Å². The van der Waals surface area contributed by atoms with Crippen molar-refractivity contribution in [2.75, 3.05) is 26.3 Å². The number of rotatable bonds is 5. The van der Waals surface area contributed by atoms with E-state index >= 15 is 0 Å². The molecule has 0 spiro atoms. The van der Waals surface area contributed by atoms with Gasteiger partial charge in [0.2, 0.25) is 5.91 Å². The van der Waals surface area contributed by atoms with Gasteiger partial charge in [-0.25, -0.2) is 0 Å². The Labute approximate surface area is 149 Å². The molecule has 1 saturated carbocycles. The number of aromatic nitrogens is 2. The molecule has 2 aliphatic heterocycles. The van der Waals surface area contributed by atoms with Crippen LogP contribution in [0.15, 0.2) is 12.3 Å². The van der Waals surface area contributed by atoms with E-state index in [0.717, 1.165) is 45.7 Å². The molecule has 6 nitrogen and oxygen atoms in total. The summed E-state index contributed by atoms with van der Waals surface area (Å²) in [4.78, 5) is 15.1. The normalized spacial score (nSPS) is 25.8. The van der Waals surface area contributed by atoms with Crippen LogP contribution in [0, 0.1) is 5.92 Å². The highest BCUT2D eigenvalue weighted by Crippen LogP contribution is 2.30. The molecular formula is C19H30N4O2. The molecule has 25 heavy (non-hydrogen) atoms. The lowest BCUT2D eigenvalue weighted by molar-refractivity contribution is -0.122. The third kappa shape index (κ3) is 4.06. The average molecular weight is 346 g/mol. The van der Waals surface area contributed by atoms with E-state index in [0.29, 0.717) is 18.4 Å². The summed E-state index contributed by atoms with van der Waals surface area (Å²) in [5, 5.41) is 7.65. The van der Waals surface area contributed by atoms with E-state index < -0.39 is 0 Å². The van der Waals surface area contributed by atoms with Crippen LogP contribution < -0.4 is 5.32 Å². The molecule has 1 aromatic rings. The van der Waals surface area contributed by atoms with Crippen molar-refractivity contribution in [1.29, 1.82) is 0 Å². The molecule has 1 N–H and O–H groups in total. The maximum atomic E-state index is 12.5. The van der Waals surface area contributed by atoms with Crippen LogP contribution in [0.25, 0.3) is 0 Å². The first-order valence-electron chi connectivity index (χ1n) is 9.90. The molecule has 3 heterocycles. The van der Waals surface area contributed by atoms with Gasteiger partial charge in [0.15, 0.2) is 0 Å². The van der Waals surface area contributed by atoms with Gasteiger partial charge >= 0.3 is 0 Å². The Kier molecular flexibility index (Phi) is 5.36. The fourth-order valence-electron chi connectivity index (χ4n) is 4.61. The largest absolute Gasteiger partial charge is 0.381 e. The molecule has 0 radical (unpaired) electrons. The van der Waals surface area contributed by atoms with Crippen LogP contribution >= 0.6 is 0 Å². The molecular weight excluding hydrogens is 316 g/mol. The van der Waals surface area contributed by atoms with Gasteiger partial charge in [-0.1, -0.05) is 12.8 Å². The van der Waals surface area contributed by atoms with E-state index in [1.165, 1.54) is 31.4 Å². The Balaban J connectivity index is 1.34. The van der Waals surface area contributed by atoms with E-state index in [-0.39, 0.29) is 11.9 Å². The fourth-order valence-corrected chi connectivity index (χ4v) is 4.61. The number of carbonyl (C=O) groups is 1. The predicted molar refractivity (Wildman–Crippen MR) is 95.1 cm³/mol. The van der Waals surface area contributed by atoms with Crippen molar-refractivity contribution >= 4 is 5.91 Å². The van der Waals surface area contributed by atoms with Crippen molar-refractivity contribution < 1.29 is 9.53 Å². The van der Waals surface area contributed by atoms with E-state index in [1.54, 1.807) is 0 Å². The van der Waals surface area contributed by atoms with Gasteiger partial charge in [-0.05, 0) is 37.7 Å². The lowest BCUT2D eigenvalue weighted by atomic mass is 10.0. The zero-order valence-corrected chi connectivity index (χ0v) is 15.0. The van der Waals surface area contributed by atoms with Gasteiger partial charge in [-0.3, -0.25) is 14.4 Å². The van der Waals surface area contributed by atoms with E-state index in [1.807, 2.05) is 6.20 Å². The minimum atomic E-state index is 0.159. The first kappa shape index (κ1) is 17.0. The predicted octanol–water partition coefficient (Wildman–Crippen LogP) is 2.12. The summed E-state index contributed by atoms with van der Waals surface area (Å²) in [5.41, 5.74) is 1.25. The van der Waals surface area contributed by atoms with Gasteiger partial charge in [0.05, 0.1) is 18.2 Å². The molecule has 4 rings (SSSR count). The quantitative estimate of drug-likeness (QED) is 0.887. The Bertz CT molecular complexity index is 576. The molecule has 138 valence electrons. The van der Waals surface area contributed by atoms with Crippen LogP contribution in [0.1, 0.15) is 56.7 Å². The molecule has 1 amide bonds. The minimum Gasteiger partial charge on any atom is -0.381 e. The second-order valence-electron chi connectivity index (χ2n) is 7.85. The van der Waals surface area contributed by atoms with Gasteiger partial charge in [-0.15, -0.1) is 0 Å². The van der Waals surface area contributed by atoms with Gasteiger partial charge in [0.1, 0.15) is 0 Å². The number of ether oxygens (including phenoxy) is 1. The van der Waals surface area contributed by atoms with Crippen LogP contribution in [-0.4, -0.2) is 52.9 Å². The number of fused-ring (bicyclic) bond motifs is 1. The van der Waals surface area contributed by atoms with Crippen molar-refractivity contribution in [1.82, 2.24) is 20.0 Å². The maximum Gasteiger partial charge on any atom is 0.222 e. The highest BCUT2D eigenvalue weighted by Gasteiger charge is 2.32. The van der Waals surface area contributed by atoms with Crippen molar-refractivity contribution in [3.63, 3.8) is 0 Å². The standard InChI is InChI=1S/C19H30N4O2/c24-19(20-12-15-6-9-25-10-7-15)11-18-14-22(16-3-1-2-4-16)13-17-5-8-21-23(17)18/h5,8,15-16,18H,1-4,6-7,9-14H2,(H,20,24). The summed E-state index contributed by atoms with van der Waals surface area (Å²) in [6.07, 6.45) is 9.81. The number of nitrogens with zero attached hydrogens (tertiary/aromatic N) is 3. The fraction of sp³-hybridized carbons (Fsp3) is 0.789. The van der Waals surface area contributed by atoms with Crippen LogP contribution in [0.4, 0.5) is 0 Å². The van der Waals surface area contributed by atoms with E-state index in [2.05, 4.69) is 26.1 Å². The first-order valence-corrected chi connectivity index (χ1v) is 9.90. The Morgan fingerprint density at radius 1 is 1.24 bits per heavy atom. The summed E-state index contributed by atoms with van der Waals surface area (Å²) in [7, 11) is 0. The smallest absolute Gasteiger partial charge is 0.222 e. The van der Waals surface area contributed by atoms with Crippen molar-refractivity contribution in [2.24, 2.45) is 5.92 Å². The highest BCUT2D eigenvalue weighted by molar-refractivity contribution is 5.76. The van der Waals surface area contributed by atoms with Crippen LogP contribution in [-0.2, 0) is 16.1 Å². The first-order chi connectivity index (χ1) is 12.3. The Morgan fingerprint density at radius 3 is 2.84 bits per heavy atom. The molecule has 6 heteroatoms. The monoisotopic (exact) mass is 346 g/mol. The Morgan fingerprint density at radius 2 is 2.04 bits per heavy atom. The van der Waals surface area contributed by atoms with Gasteiger partial charge < -0.3 is 10.1 Å². The second kappa shape index (κ2) is 7.87. The van der Waals surface area contributed by atoms with Gasteiger partial charge in [0, 0.05) is 45.1 Å². The number of nitrogens with one attached hydrogen (secondary N) is 1. The molecule has 1 unspecified atom stereocenters. The number of carbonyl (C=O) groups excluding carboxylic acids is 1. The molecule has 1 aliphatic carbocycles. The van der Waals surface area contributed by atoms with Crippen LogP contribution in [0.2, 0.25) is 0 Å². The molecule has 0 bridgehead atoms. The maximum absolute atomic E-state index is 12.5. The minimum absolute atomic E-state index is 0.159. The number of hydrogen-bond donors (Lipinski definition) is 1. The summed E-state index contributed by atoms with van der Waals surface area (Å²) < 4.78 is 7.47. The zero-order valence-electron chi connectivity index (χ0n) is 15.0. The van der Waals surface area contributed by atoms with Crippen molar-refractivity contribution in [2.45, 2.75) is 63.6 Å². The third-order valence-electron chi connectivity index (χ3n) is 6.10. The van der Waals surface area contributed by atoms with Crippen molar-refractivity contribution in [3.05, 3.63) is 18.0 Å². The Hall–Kier alpha value is -1.40. The second-order valence-corrected chi connectivity index (χ2v) is 7.85. The highest BCUT2D eigenvalue weighted by atomic mass is 16.5. The van der Waals surface area contributed by atoms with Crippen LogP contribution in [0.3, 0.4) is 0 Å². The van der Waals surface area contributed by atoms with E-state index in [4.69, 9.17) is 4.74 Å². The average Bonchev–Trinajstić information content (AvgIpc) is 3.32. The lowest BCUT2D eigenvalue weighted by Gasteiger charge is -2.37. The molecule has 0 aromatic carbocycles. The molecule has 1 aromatic heterocycles. The van der Waals surface area contributed by atoms with Gasteiger partial charge in [0.25, 0.3) is 0 Å². The number of hydrogen-bond acceptors (Lipinski definition) is 4. The van der Waals surface area contributed by atoms with Crippen LogP contribution in [0.5, 0.6) is 0 Å². The summed E-state index contributed by atoms with van der Waals surface area (Å²) >= 11 is 0. The van der Waals surface area contributed by atoms with E-state index in [9.17, 15) is 4.79 Å². The number of amides is 1. The third-order valence-corrected chi connectivity index (χ3v) is 6.10. The lowest BCUT2D eigenvalue weighted by Crippen LogP contribution is -2.44. The molecule has 1 atom stereocenters. The molecule has 2 fully saturated rings. The zero-order chi connectivity index (χ0) is 17.1. The summed E-state index contributed by atoms with van der Waals surface area (Å²) in [5.74, 6) is 0.727. The SMILES string of the molecule is O=C(CC1CN(C2CCCC2)Cc2ccnn21)NCC1CCOCC1. The summed E-state index contributed by atoms with van der Waals surface area (Å²) in [6, 6.07) is 2.96.